The monoisotopic (exact) mass is 245 g/mol. The lowest BCUT2D eigenvalue weighted by molar-refractivity contribution is -0.134. The van der Waals surface area contributed by atoms with E-state index in [2.05, 4.69) is 0 Å². The minimum Gasteiger partial charge on any atom is -0.393 e. The van der Waals surface area contributed by atoms with Crippen molar-refractivity contribution in [3.05, 3.63) is 0 Å². The fraction of sp³-hybridized carbons (Fsp3) is 0.917. The van der Waals surface area contributed by atoms with Gasteiger partial charge >= 0.3 is 0 Å². The molecule has 2 aliphatic rings. The Morgan fingerprint density at radius 2 is 2.12 bits per heavy atom. The molecule has 1 amide bonds. The van der Waals surface area contributed by atoms with Gasteiger partial charge in [0.2, 0.25) is 5.91 Å². The van der Waals surface area contributed by atoms with Crippen molar-refractivity contribution in [2.24, 2.45) is 11.8 Å². The summed E-state index contributed by atoms with van der Waals surface area (Å²) in [5.41, 5.74) is 0. The van der Waals surface area contributed by atoms with Crippen molar-refractivity contribution in [3.63, 3.8) is 0 Å². The quantitative estimate of drug-likeness (QED) is 0.765. The van der Waals surface area contributed by atoms with Crippen molar-refractivity contribution in [2.75, 3.05) is 19.0 Å². The van der Waals surface area contributed by atoms with Crippen LogP contribution in [-0.2, 0) is 4.79 Å². The molecule has 0 spiro atoms. The van der Waals surface area contributed by atoms with E-state index in [1.807, 2.05) is 4.90 Å². The fourth-order valence-corrected chi connectivity index (χ4v) is 2.66. The first-order valence-electron chi connectivity index (χ1n) is 6.22. The van der Waals surface area contributed by atoms with Gasteiger partial charge in [0.15, 0.2) is 0 Å². The lowest BCUT2D eigenvalue weighted by atomic mass is 9.89. The highest BCUT2D eigenvalue weighted by atomic mass is 35.5. The van der Waals surface area contributed by atoms with Crippen molar-refractivity contribution in [2.45, 2.75) is 38.2 Å². The Balaban J connectivity index is 1.84. The van der Waals surface area contributed by atoms with E-state index < -0.39 is 0 Å². The molecular formula is C12H20ClNO2. The van der Waals surface area contributed by atoms with E-state index in [1.54, 1.807) is 0 Å². The number of hydrogen-bond donors (Lipinski definition) is 1. The summed E-state index contributed by atoms with van der Waals surface area (Å²) < 4.78 is 0. The van der Waals surface area contributed by atoms with Gasteiger partial charge in [-0.15, -0.1) is 11.6 Å². The van der Waals surface area contributed by atoms with Gasteiger partial charge in [0.25, 0.3) is 0 Å². The molecule has 1 aliphatic carbocycles. The minimum absolute atomic E-state index is 0.141. The number of aliphatic hydroxyl groups excluding tert-OH is 1. The number of piperidine rings is 1. The third kappa shape index (κ3) is 3.11. The van der Waals surface area contributed by atoms with E-state index in [0.29, 0.717) is 24.8 Å². The van der Waals surface area contributed by atoms with Gasteiger partial charge in [-0.2, -0.15) is 0 Å². The standard InChI is InChI=1S/C12H20ClNO2/c13-5-3-12(16)14-6-4-11(15)10(8-14)7-9-1-2-9/h9-11,15H,1-8H2. The molecular weight excluding hydrogens is 226 g/mol. The molecule has 0 aromatic rings. The van der Waals surface area contributed by atoms with Crippen LogP contribution in [0.2, 0.25) is 0 Å². The number of likely N-dealkylation sites (tertiary alicyclic amines) is 1. The van der Waals surface area contributed by atoms with Crippen LogP contribution < -0.4 is 0 Å². The molecule has 4 heteroatoms. The van der Waals surface area contributed by atoms with Crippen molar-refractivity contribution in [1.82, 2.24) is 4.90 Å². The van der Waals surface area contributed by atoms with Crippen LogP contribution in [0.15, 0.2) is 0 Å². The summed E-state index contributed by atoms with van der Waals surface area (Å²) in [6, 6.07) is 0. The second kappa shape index (κ2) is 5.37. The van der Waals surface area contributed by atoms with Crippen LogP contribution in [0.5, 0.6) is 0 Å². The fourth-order valence-electron chi connectivity index (χ4n) is 2.50. The summed E-state index contributed by atoms with van der Waals surface area (Å²) in [6.07, 6.45) is 4.64. The third-order valence-corrected chi connectivity index (χ3v) is 3.88. The smallest absolute Gasteiger partial charge is 0.223 e. The van der Waals surface area contributed by atoms with Crippen LogP contribution in [0, 0.1) is 11.8 Å². The second-order valence-corrected chi connectivity index (χ2v) is 5.45. The highest BCUT2D eigenvalue weighted by Crippen LogP contribution is 2.37. The Hall–Kier alpha value is -0.280. The molecule has 1 heterocycles. The summed E-state index contributed by atoms with van der Waals surface area (Å²) in [7, 11) is 0. The molecule has 1 saturated heterocycles. The van der Waals surface area contributed by atoms with Crippen LogP contribution in [0.3, 0.4) is 0 Å². The Morgan fingerprint density at radius 1 is 1.38 bits per heavy atom. The zero-order chi connectivity index (χ0) is 11.5. The summed E-state index contributed by atoms with van der Waals surface area (Å²) >= 11 is 5.58. The number of rotatable bonds is 4. The summed E-state index contributed by atoms with van der Waals surface area (Å²) in [5, 5.41) is 9.91. The van der Waals surface area contributed by atoms with Crippen LogP contribution in [-0.4, -0.2) is 41.0 Å². The highest BCUT2D eigenvalue weighted by Gasteiger charge is 2.34. The number of amides is 1. The number of carbonyl (C=O) groups excluding carboxylic acids is 1. The molecule has 0 aromatic heterocycles. The van der Waals surface area contributed by atoms with Crippen LogP contribution in [0.1, 0.15) is 32.1 Å². The molecule has 16 heavy (non-hydrogen) atoms. The lowest BCUT2D eigenvalue weighted by Crippen LogP contribution is -2.46. The normalized spacial score (nSPS) is 30.5. The van der Waals surface area contributed by atoms with E-state index in [4.69, 9.17) is 11.6 Å². The van der Waals surface area contributed by atoms with E-state index in [9.17, 15) is 9.90 Å². The van der Waals surface area contributed by atoms with Crippen molar-refractivity contribution in [1.29, 1.82) is 0 Å². The second-order valence-electron chi connectivity index (χ2n) is 5.07. The van der Waals surface area contributed by atoms with Crippen LogP contribution >= 0.6 is 11.6 Å². The highest BCUT2D eigenvalue weighted by molar-refractivity contribution is 6.18. The molecule has 0 bridgehead atoms. The molecule has 2 fully saturated rings. The van der Waals surface area contributed by atoms with Crippen LogP contribution in [0.25, 0.3) is 0 Å². The first-order valence-corrected chi connectivity index (χ1v) is 6.76. The van der Waals surface area contributed by atoms with Crippen molar-refractivity contribution in [3.8, 4) is 0 Å². The summed E-state index contributed by atoms with van der Waals surface area (Å²) in [6.45, 7) is 1.42. The maximum atomic E-state index is 11.7. The average molecular weight is 246 g/mol. The van der Waals surface area contributed by atoms with Gasteiger partial charge in [-0.25, -0.2) is 0 Å². The van der Waals surface area contributed by atoms with Gasteiger partial charge in [0.05, 0.1) is 6.10 Å². The predicted octanol–water partition coefficient (Wildman–Crippen LogP) is 1.62. The molecule has 2 unspecified atom stereocenters. The summed E-state index contributed by atoms with van der Waals surface area (Å²) in [5.74, 6) is 1.64. The molecule has 2 rings (SSSR count). The van der Waals surface area contributed by atoms with Crippen LogP contribution in [0.4, 0.5) is 0 Å². The van der Waals surface area contributed by atoms with Gasteiger partial charge in [-0.05, 0) is 18.8 Å². The Kier molecular flexibility index (Phi) is 4.09. The zero-order valence-corrected chi connectivity index (χ0v) is 10.3. The van der Waals surface area contributed by atoms with Gasteiger partial charge in [0.1, 0.15) is 0 Å². The van der Waals surface area contributed by atoms with Gasteiger partial charge in [-0.1, -0.05) is 12.8 Å². The number of aliphatic hydroxyl groups is 1. The molecule has 3 nitrogen and oxygen atoms in total. The molecule has 0 aromatic carbocycles. The molecule has 1 N–H and O–H groups in total. The van der Waals surface area contributed by atoms with Crippen molar-refractivity contribution >= 4 is 17.5 Å². The summed E-state index contributed by atoms with van der Waals surface area (Å²) in [4.78, 5) is 13.6. The largest absolute Gasteiger partial charge is 0.393 e. The number of halogens is 1. The predicted molar refractivity (Wildman–Crippen MR) is 63.4 cm³/mol. The van der Waals surface area contributed by atoms with Gasteiger partial charge in [0, 0.05) is 31.3 Å². The molecule has 2 atom stereocenters. The number of nitrogens with zero attached hydrogens (tertiary/aromatic N) is 1. The maximum Gasteiger partial charge on any atom is 0.223 e. The Morgan fingerprint density at radius 3 is 2.75 bits per heavy atom. The number of hydrogen-bond acceptors (Lipinski definition) is 2. The SMILES string of the molecule is O=C(CCCl)N1CCC(O)C(CC2CC2)C1. The first kappa shape index (κ1) is 12.2. The van der Waals surface area contributed by atoms with E-state index in [0.717, 1.165) is 25.3 Å². The van der Waals surface area contributed by atoms with Gasteiger partial charge in [-0.3, -0.25) is 4.79 Å². The number of alkyl halides is 1. The Labute approximate surface area is 102 Å². The third-order valence-electron chi connectivity index (χ3n) is 3.69. The van der Waals surface area contributed by atoms with E-state index in [-0.39, 0.29) is 12.0 Å². The topological polar surface area (TPSA) is 40.5 Å². The van der Waals surface area contributed by atoms with Crippen molar-refractivity contribution < 1.29 is 9.90 Å². The molecule has 1 aliphatic heterocycles. The van der Waals surface area contributed by atoms with E-state index in [1.165, 1.54) is 12.8 Å². The molecule has 1 saturated carbocycles. The zero-order valence-electron chi connectivity index (χ0n) is 9.57. The van der Waals surface area contributed by atoms with E-state index >= 15 is 0 Å². The van der Waals surface area contributed by atoms with Gasteiger partial charge < -0.3 is 10.0 Å². The number of carbonyl (C=O) groups is 1. The molecule has 92 valence electrons. The average Bonchev–Trinajstić information content (AvgIpc) is 3.05. The first-order chi connectivity index (χ1) is 7.70. The lowest BCUT2D eigenvalue weighted by Gasteiger charge is -2.36. The molecule has 0 radical (unpaired) electrons. The maximum absolute atomic E-state index is 11.7. The Bertz CT molecular complexity index is 255. The minimum atomic E-state index is -0.208.